The van der Waals surface area contributed by atoms with Crippen LogP contribution in [0.2, 0.25) is 0 Å². The molecule has 4 nitrogen and oxygen atoms in total. The van der Waals surface area contributed by atoms with Gasteiger partial charge >= 0.3 is 0 Å². The molecule has 1 heterocycles. The van der Waals surface area contributed by atoms with E-state index < -0.39 is 0 Å². The summed E-state index contributed by atoms with van der Waals surface area (Å²) in [6, 6.07) is 1.57. The molecule has 0 fully saturated rings. The van der Waals surface area contributed by atoms with Crippen molar-refractivity contribution in [2.24, 2.45) is 0 Å². The summed E-state index contributed by atoms with van der Waals surface area (Å²) in [7, 11) is 0. The lowest BCUT2D eigenvalue weighted by Crippen LogP contribution is -2.24. The Morgan fingerprint density at radius 2 is 2.00 bits per heavy atom. The molecule has 0 bridgehead atoms. The lowest BCUT2D eigenvalue weighted by Gasteiger charge is -2.16. The monoisotopic (exact) mass is 232 g/mol. The molecule has 0 spiro atoms. The molecule has 0 aromatic carbocycles. The molecule has 15 heavy (non-hydrogen) atoms. The first kappa shape index (κ1) is 12.3. The van der Waals surface area contributed by atoms with Gasteiger partial charge in [-0.15, -0.1) is 11.3 Å². The maximum Gasteiger partial charge on any atom is 0.191 e. The zero-order valence-electron chi connectivity index (χ0n) is 8.93. The third-order valence-corrected chi connectivity index (χ3v) is 2.46. The van der Waals surface area contributed by atoms with Gasteiger partial charge in [-0.25, -0.2) is 0 Å². The number of thiophene rings is 1. The van der Waals surface area contributed by atoms with Crippen molar-refractivity contribution >= 4 is 11.3 Å². The molecule has 1 aromatic heterocycles. The normalized spacial score (nSPS) is 10.9. The molecule has 86 valence electrons. The molecular formula is C10H16O4S. The van der Waals surface area contributed by atoms with Gasteiger partial charge in [0.1, 0.15) is 12.4 Å². The van der Waals surface area contributed by atoms with Crippen LogP contribution in [0.4, 0.5) is 0 Å². The van der Waals surface area contributed by atoms with E-state index in [1.165, 1.54) is 11.3 Å². The molecule has 5 heteroatoms. The van der Waals surface area contributed by atoms with Crippen molar-refractivity contribution < 1.29 is 19.3 Å². The van der Waals surface area contributed by atoms with Crippen molar-refractivity contribution in [3.8, 4) is 10.8 Å². The minimum absolute atomic E-state index is 0.222. The number of ether oxygens (including phenoxy) is 3. The van der Waals surface area contributed by atoms with E-state index in [0.717, 1.165) is 0 Å². The molecule has 1 N–H and O–H groups in total. The molecule has 0 aliphatic carbocycles. The summed E-state index contributed by atoms with van der Waals surface area (Å²) in [5.74, 6) is 0.222. The highest BCUT2D eigenvalue weighted by molar-refractivity contribution is 7.12. The number of rotatable bonds is 7. The molecule has 1 rings (SSSR count). The first-order valence-electron chi connectivity index (χ1n) is 4.89. The fourth-order valence-corrected chi connectivity index (χ4v) is 1.68. The highest BCUT2D eigenvalue weighted by Gasteiger charge is 2.09. The van der Waals surface area contributed by atoms with Crippen LogP contribution in [-0.4, -0.2) is 31.2 Å². The minimum atomic E-state index is -0.343. The fraction of sp³-hybridized carbons (Fsp3) is 0.600. The van der Waals surface area contributed by atoms with Gasteiger partial charge in [-0.2, -0.15) is 0 Å². The van der Waals surface area contributed by atoms with Crippen LogP contribution >= 0.6 is 11.3 Å². The van der Waals surface area contributed by atoms with Crippen molar-refractivity contribution in [3.63, 3.8) is 0 Å². The second-order valence-corrected chi connectivity index (χ2v) is 3.65. The third kappa shape index (κ3) is 4.51. The Kier molecular flexibility index (Phi) is 5.45. The summed E-state index contributed by atoms with van der Waals surface area (Å²) in [6.45, 7) is 5.32. The zero-order chi connectivity index (χ0) is 11.1. The summed E-state index contributed by atoms with van der Waals surface area (Å²) < 4.78 is 16.0. The van der Waals surface area contributed by atoms with Crippen LogP contribution in [0.3, 0.4) is 0 Å². The third-order valence-electron chi connectivity index (χ3n) is 1.63. The second-order valence-electron chi connectivity index (χ2n) is 2.78. The number of hydrogen-bond acceptors (Lipinski definition) is 5. The minimum Gasteiger partial charge on any atom is -0.507 e. The lowest BCUT2D eigenvalue weighted by atomic mass is 10.6. The zero-order valence-corrected chi connectivity index (χ0v) is 9.75. The maximum absolute atomic E-state index is 9.09. The standard InChI is InChI=1S/C10H16O4S/c1-3-12-9(13-4-2)6-14-10-5-8(11)7-15-10/h5,7,9,11H,3-4,6H2,1-2H3. The quantitative estimate of drug-likeness (QED) is 0.732. The summed E-state index contributed by atoms with van der Waals surface area (Å²) in [5, 5.41) is 11.4. The van der Waals surface area contributed by atoms with Crippen LogP contribution in [0.5, 0.6) is 10.8 Å². The maximum atomic E-state index is 9.09. The molecule has 0 aliphatic heterocycles. The van der Waals surface area contributed by atoms with Gasteiger partial charge in [-0.05, 0) is 13.8 Å². The van der Waals surface area contributed by atoms with Gasteiger partial charge in [0.05, 0.1) is 0 Å². The SMILES string of the molecule is CCOC(COc1cc(O)cs1)OCC. The fourth-order valence-electron chi connectivity index (χ4n) is 1.05. The topological polar surface area (TPSA) is 47.9 Å². The van der Waals surface area contributed by atoms with Gasteiger partial charge in [-0.1, -0.05) is 0 Å². The van der Waals surface area contributed by atoms with E-state index in [0.29, 0.717) is 24.9 Å². The summed E-state index contributed by atoms with van der Waals surface area (Å²) in [6.07, 6.45) is -0.343. The largest absolute Gasteiger partial charge is 0.507 e. The van der Waals surface area contributed by atoms with Crippen LogP contribution in [-0.2, 0) is 9.47 Å². The van der Waals surface area contributed by atoms with Crippen molar-refractivity contribution in [3.05, 3.63) is 11.4 Å². The van der Waals surface area contributed by atoms with E-state index in [2.05, 4.69) is 0 Å². The van der Waals surface area contributed by atoms with Crippen LogP contribution in [0.15, 0.2) is 11.4 Å². The van der Waals surface area contributed by atoms with Crippen LogP contribution < -0.4 is 4.74 Å². The molecule has 0 saturated carbocycles. The average Bonchev–Trinajstić information content (AvgIpc) is 2.61. The molecule has 1 aromatic rings. The first-order valence-corrected chi connectivity index (χ1v) is 5.77. The molecule has 0 radical (unpaired) electrons. The Morgan fingerprint density at radius 1 is 1.33 bits per heavy atom. The Labute approximate surface area is 93.4 Å². The van der Waals surface area contributed by atoms with E-state index in [1.54, 1.807) is 11.4 Å². The van der Waals surface area contributed by atoms with Crippen LogP contribution in [0.1, 0.15) is 13.8 Å². The molecule has 0 unspecified atom stereocenters. The molecule has 0 aliphatic rings. The predicted octanol–water partition coefficient (Wildman–Crippen LogP) is 2.23. The Bertz CT molecular complexity index is 268. The second kappa shape index (κ2) is 6.66. The van der Waals surface area contributed by atoms with E-state index in [4.69, 9.17) is 19.3 Å². The van der Waals surface area contributed by atoms with Gasteiger partial charge in [-0.3, -0.25) is 0 Å². The molecular weight excluding hydrogens is 216 g/mol. The van der Waals surface area contributed by atoms with Crippen molar-refractivity contribution in [1.82, 2.24) is 0 Å². The van der Waals surface area contributed by atoms with E-state index in [1.807, 2.05) is 13.8 Å². The van der Waals surface area contributed by atoms with E-state index in [9.17, 15) is 0 Å². The Hall–Kier alpha value is -0.780. The van der Waals surface area contributed by atoms with Crippen molar-refractivity contribution in [2.45, 2.75) is 20.1 Å². The van der Waals surface area contributed by atoms with Gasteiger partial charge < -0.3 is 19.3 Å². The molecule has 0 saturated heterocycles. The summed E-state index contributed by atoms with van der Waals surface area (Å²) in [5.41, 5.74) is 0. The predicted molar refractivity (Wildman–Crippen MR) is 58.5 cm³/mol. The van der Waals surface area contributed by atoms with Crippen LogP contribution in [0.25, 0.3) is 0 Å². The smallest absolute Gasteiger partial charge is 0.191 e. The highest BCUT2D eigenvalue weighted by Crippen LogP contribution is 2.27. The average molecular weight is 232 g/mol. The van der Waals surface area contributed by atoms with E-state index >= 15 is 0 Å². The number of hydrogen-bond donors (Lipinski definition) is 1. The van der Waals surface area contributed by atoms with Gasteiger partial charge in [0, 0.05) is 24.7 Å². The molecule has 0 amide bonds. The van der Waals surface area contributed by atoms with Crippen molar-refractivity contribution in [1.29, 1.82) is 0 Å². The summed E-state index contributed by atoms with van der Waals surface area (Å²) in [4.78, 5) is 0. The van der Waals surface area contributed by atoms with Crippen molar-refractivity contribution in [2.75, 3.05) is 19.8 Å². The first-order chi connectivity index (χ1) is 7.26. The number of aromatic hydroxyl groups is 1. The van der Waals surface area contributed by atoms with Gasteiger partial charge in [0.25, 0.3) is 0 Å². The highest BCUT2D eigenvalue weighted by atomic mass is 32.1. The van der Waals surface area contributed by atoms with Crippen LogP contribution in [0, 0.1) is 0 Å². The Balaban J connectivity index is 2.32. The summed E-state index contributed by atoms with van der Waals surface area (Å²) >= 11 is 1.34. The van der Waals surface area contributed by atoms with Gasteiger partial charge in [0.2, 0.25) is 0 Å². The lowest BCUT2D eigenvalue weighted by molar-refractivity contribution is -0.152. The Morgan fingerprint density at radius 3 is 2.47 bits per heavy atom. The van der Waals surface area contributed by atoms with E-state index in [-0.39, 0.29) is 12.0 Å². The molecule has 0 atom stereocenters. The van der Waals surface area contributed by atoms with Gasteiger partial charge in [0.15, 0.2) is 11.4 Å².